The van der Waals surface area contributed by atoms with E-state index in [0.717, 1.165) is 6.07 Å². The second kappa shape index (κ2) is 5.54. The Hall–Kier alpha value is -1.67. The van der Waals surface area contributed by atoms with E-state index in [0.29, 0.717) is 9.21 Å². The second-order valence-electron chi connectivity index (χ2n) is 3.49. The first-order valence-corrected chi connectivity index (χ1v) is 6.57. The predicted molar refractivity (Wildman–Crippen MR) is 75.2 cm³/mol. The van der Waals surface area contributed by atoms with Gasteiger partial charge in [0.1, 0.15) is 9.21 Å². The number of phenolic OH excluding ortho intramolecular Hbond substituents is 2. The molecule has 0 aliphatic carbocycles. The number of hydrogen-bond donors (Lipinski definition) is 3. The number of anilines is 1. The normalized spacial score (nSPS) is 10.2. The molecular weight excluding hydrogens is 382 g/mol. The molecule has 0 aliphatic rings. The van der Waals surface area contributed by atoms with Crippen molar-refractivity contribution in [1.82, 2.24) is 9.97 Å². The Balaban J connectivity index is 2.23. The molecule has 8 heteroatoms. The van der Waals surface area contributed by atoms with Crippen LogP contribution in [0.1, 0.15) is 10.4 Å². The van der Waals surface area contributed by atoms with Gasteiger partial charge in [0.25, 0.3) is 5.91 Å². The fraction of sp³-hybridized carbons (Fsp3) is 0. The number of carbonyl (C=O) groups is 1. The van der Waals surface area contributed by atoms with Crippen molar-refractivity contribution in [3.63, 3.8) is 0 Å². The molecule has 0 saturated heterocycles. The summed E-state index contributed by atoms with van der Waals surface area (Å²) in [5.74, 6) is -0.886. The second-order valence-corrected chi connectivity index (χ2v) is 5.05. The molecule has 3 N–H and O–H groups in total. The molecule has 0 spiro atoms. The van der Waals surface area contributed by atoms with Crippen molar-refractivity contribution < 1.29 is 15.0 Å². The summed E-state index contributed by atoms with van der Waals surface area (Å²) in [6.45, 7) is 0. The topological polar surface area (TPSA) is 95.3 Å². The quantitative estimate of drug-likeness (QED) is 0.687. The number of aromatic hydroxyl groups is 2. The molecule has 1 aromatic carbocycles. The van der Waals surface area contributed by atoms with E-state index in [-0.39, 0.29) is 22.9 Å². The summed E-state index contributed by atoms with van der Waals surface area (Å²) in [4.78, 5) is 19.9. The van der Waals surface area contributed by atoms with Crippen LogP contribution >= 0.6 is 31.9 Å². The molecule has 1 aromatic heterocycles. The van der Waals surface area contributed by atoms with E-state index in [1.807, 2.05) is 0 Å². The molecule has 1 amide bonds. The Morgan fingerprint density at radius 3 is 2.58 bits per heavy atom. The smallest absolute Gasteiger partial charge is 0.257 e. The van der Waals surface area contributed by atoms with Crippen LogP contribution in [0, 0.1) is 0 Å². The molecule has 0 fully saturated rings. The number of rotatable bonds is 2. The molecule has 0 radical (unpaired) electrons. The third-order valence-corrected chi connectivity index (χ3v) is 3.11. The van der Waals surface area contributed by atoms with Crippen LogP contribution in [0.2, 0.25) is 0 Å². The fourth-order valence-corrected chi connectivity index (χ4v) is 2.19. The van der Waals surface area contributed by atoms with Crippen molar-refractivity contribution in [2.45, 2.75) is 0 Å². The molecule has 2 rings (SSSR count). The number of halogens is 2. The van der Waals surface area contributed by atoms with E-state index < -0.39 is 5.91 Å². The summed E-state index contributed by atoms with van der Waals surface area (Å²) < 4.78 is 0.901. The van der Waals surface area contributed by atoms with Gasteiger partial charge in [0, 0.05) is 5.56 Å². The van der Waals surface area contributed by atoms with E-state index in [2.05, 4.69) is 47.1 Å². The number of aromatic nitrogens is 2. The predicted octanol–water partition coefficient (Wildman–Crippen LogP) is 2.67. The minimum Gasteiger partial charge on any atom is -0.504 e. The molecule has 0 bridgehead atoms. The highest BCUT2D eigenvalue weighted by Gasteiger charge is 2.12. The summed E-state index contributed by atoms with van der Waals surface area (Å²) in [5.41, 5.74) is 0.187. The first-order chi connectivity index (χ1) is 8.97. The van der Waals surface area contributed by atoms with E-state index in [9.17, 15) is 15.0 Å². The number of carbonyl (C=O) groups excluding carboxylic acids is 1. The van der Waals surface area contributed by atoms with Crippen molar-refractivity contribution >= 4 is 43.6 Å². The number of amides is 1. The zero-order chi connectivity index (χ0) is 14.0. The van der Waals surface area contributed by atoms with Crippen molar-refractivity contribution in [2.24, 2.45) is 0 Å². The standard InChI is InChI=1S/C11H7Br2N3O3/c12-8-4-14-10(9(13)15-8)16-11(19)5-1-2-6(17)7(18)3-5/h1-4,17-18H,(H,14,16,19). The first-order valence-electron chi connectivity index (χ1n) is 4.99. The van der Waals surface area contributed by atoms with Crippen molar-refractivity contribution in [2.75, 3.05) is 5.32 Å². The Morgan fingerprint density at radius 2 is 1.95 bits per heavy atom. The highest BCUT2D eigenvalue weighted by Crippen LogP contribution is 2.26. The molecule has 19 heavy (non-hydrogen) atoms. The van der Waals surface area contributed by atoms with Crippen LogP contribution in [-0.2, 0) is 0 Å². The number of benzene rings is 1. The van der Waals surface area contributed by atoms with Gasteiger partial charge in [0.05, 0.1) is 6.20 Å². The lowest BCUT2D eigenvalue weighted by molar-refractivity contribution is 0.102. The SMILES string of the molecule is O=C(Nc1ncc(Br)nc1Br)c1ccc(O)c(O)c1. The van der Waals surface area contributed by atoms with Gasteiger partial charge in [-0.15, -0.1) is 0 Å². The van der Waals surface area contributed by atoms with Crippen molar-refractivity contribution in [1.29, 1.82) is 0 Å². The highest BCUT2D eigenvalue weighted by atomic mass is 79.9. The number of nitrogens with zero attached hydrogens (tertiary/aromatic N) is 2. The van der Waals surface area contributed by atoms with Crippen LogP contribution < -0.4 is 5.32 Å². The van der Waals surface area contributed by atoms with Crippen LogP contribution in [0.3, 0.4) is 0 Å². The lowest BCUT2D eigenvalue weighted by atomic mass is 10.2. The van der Waals surface area contributed by atoms with Gasteiger partial charge in [0.15, 0.2) is 17.3 Å². The van der Waals surface area contributed by atoms with E-state index in [1.165, 1.54) is 18.3 Å². The first kappa shape index (κ1) is 13.8. The third-order valence-electron chi connectivity index (χ3n) is 2.17. The molecule has 1 heterocycles. The summed E-state index contributed by atoms with van der Waals surface area (Å²) in [6.07, 6.45) is 1.44. The van der Waals surface area contributed by atoms with Crippen LogP contribution in [0.5, 0.6) is 11.5 Å². The van der Waals surface area contributed by atoms with E-state index in [1.54, 1.807) is 0 Å². The Morgan fingerprint density at radius 1 is 1.21 bits per heavy atom. The monoisotopic (exact) mass is 387 g/mol. The van der Waals surface area contributed by atoms with Crippen LogP contribution in [0.4, 0.5) is 5.82 Å². The Kier molecular flexibility index (Phi) is 4.01. The fourth-order valence-electron chi connectivity index (χ4n) is 1.27. The highest BCUT2D eigenvalue weighted by molar-refractivity contribution is 9.11. The zero-order valence-corrected chi connectivity index (χ0v) is 12.4. The summed E-state index contributed by atoms with van der Waals surface area (Å²) in [7, 11) is 0. The van der Waals surface area contributed by atoms with Crippen LogP contribution in [-0.4, -0.2) is 26.1 Å². The molecule has 0 atom stereocenters. The maximum atomic E-state index is 11.9. The number of nitrogens with one attached hydrogen (secondary N) is 1. The van der Waals surface area contributed by atoms with Crippen molar-refractivity contribution in [3.05, 3.63) is 39.2 Å². The van der Waals surface area contributed by atoms with Gasteiger partial charge in [-0.2, -0.15) is 0 Å². The van der Waals surface area contributed by atoms with Gasteiger partial charge < -0.3 is 15.5 Å². The maximum Gasteiger partial charge on any atom is 0.257 e. The molecule has 0 saturated carbocycles. The van der Waals surface area contributed by atoms with Crippen molar-refractivity contribution in [3.8, 4) is 11.5 Å². The summed E-state index contributed by atoms with van der Waals surface area (Å²) in [6, 6.07) is 3.77. The maximum absolute atomic E-state index is 11.9. The van der Waals surface area contributed by atoms with E-state index >= 15 is 0 Å². The van der Waals surface area contributed by atoms with Gasteiger partial charge in [-0.3, -0.25) is 4.79 Å². The summed E-state index contributed by atoms with van der Waals surface area (Å²) >= 11 is 6.31. The minimum atomic E-state index is -0.479. The largest absolute Gasteiger partial charge is 0.504 e. The molecular formula is C11H7Br2N3O3. The Labute approximate surface area is 124 Å². The average Bonchev–Trinajstić information content (AvgIpc) is 2.36. The summed E-state index contributed by atoms with van der Waals surface area (Å²) in [5, 5.41) is 21.0. The third kappa shape index (κ3) is 3.21. The molecule has 0 unspecified atom stereocenters. The minimum absolute atomic E-state index is 0.187. The van der Waals surface area contributed by atoms with Gasteiger partial charge in [-0.25, -0.2) is 9.97 Å². The Bertz CT molecular complexity index is 649. The van der Waals surface area contributed by atoms with Crippen LogP contribution in [0.25, 0.3) is 0 Å². The molecule has 2 aromatic rings. The van der Waals surface area contributed by atoms with Gasteiger partial charge in [-0.05, 0) is 50.1 Å². The number of phenols is 2. The number of hydrogen-bond acceptors (Lipinski definition) is 5. The zero-order valence-electron chi connectivity index (χ0n) is 9.26. The van der Waals surface area contributed by atoms with Gasteiger partial charge in [-0.1, -0.05) is 0 Å². The molecule has 6 nitrogen and oxygen atoms in total. The van der Waals surface area contributed by atoms with E-state index in [4.69, 9.17) is 0 Å². The van der Waals surface area contributed by atoms with Gasteiger partial charge in [0.2, 0.25) is 0 Å². The molecule has 98 valence electrons. The van der Waals surface area contributed by atoms with Gasteiger partial charge >= 0.3 is 0 Å². The van der Waals surface area contributed by atoms with Crippen LogP contribution in [0.15, 0.2) is 33.6 Å². The lowest BCUT2D eigenvalue weighted by Gasteiger charge is -2.06. The molecule has 0 aliphatic heterocycles. The average molecular weight is 389 g/mol. The lowest BCUT2D eigenvalue weighted by Crippen LogP contribution is -2.13.